The van der Waals surface area contributed by atoms with Gasteiger partial charge in [0.1, 0.15) is 0 Å². The van der Waals surface area contributed by atoms with Gasteiger partial charge in [0.05, 0.1) is 0 Å². The lowest BCUT2D eigenvalue weighted by molar-refractivity contribution is 0.189. The lowest BCUT2D eigenvalue weighted by Crippen LogP contribution is -2.44. The van der Waals surface area contributed by atoms with Crippen LogP contribution in [0.5, 0.6) is 0 Å². The molecule has 2 nitrogen and oxygen atoms in total. The van der Waals surface area contributed by atoms with Crippen molar-refractivity contribution in [3.8, 4) is 0 Å². The second-order valence-corrected chi connectivity index (χ2v) is 6.67. The zero-order valence-corrected chi connectivity index (χ0v) is 13.5. The fourth-order valence-electron chi connectivity index (χ4n) is 3.41. The van der Waals surface area contributed by atoms with Gasteiger partial charge in [-0.3, -0.25) is 0 Å². The lowest BCUT2D eigenvalue weighted by atomic mass is 9.78. The molecule has 0 radical (unpaired) electrons. The monoisotopic (exact) mass is 274 g/mol. The van der Waals surface area contributed by atoms with Crippen molar-refractivity contribution < 1.29 is 0 Å². The number of hydrogen-bond donors (Lipinski definition) is 1. The molecule has 0 saturated heterocycles. The molecule has 0 heterocycles. The zero-order chi connectivity index (χ0) is 14.5. The minimum atomic E-state index is 0.459. The zero-order valence-electron chi connectivity index (χ0n) is 13.5. The molecule has 1 fully saturated rings. The summed E-state index contributed by atoms with van der Waals surface area (Å²) in [5.74, 6) is 1.65. The molecule has 2 rings (SSSR count). The van der Waals surface area contributed by atoms with Crippen LogP contribution in [0.3, 0.4) is 0 Å². The number of hydrogen-bond acceptors (Lipinski definition) is 2. The Bertz CT molecular complexity index is 388. The highest BCUT2D eigenvalue weighted by Gasteiger charge is 2.27. The van der Waals surface area contributed by atoms with Crippen LogP contribution in [0.2, 0.25) is 0 Å². The molecule has 2 heteroatoms. The smallest absolute Gasteiger partial charge is 0.0466 e. The Morgan fingerprint density at radius 1 is 1.15 bits per heavy atom. The summed E-state index contributed by atoms with van der Waals surface area (Å²) in [7, 11) is 4.35. The molecule has 0 aromatic heterocycles. The SMILES string of the molecule is CC1CCCC(NCC(c2ccccc2)N(C)C)C1C. The van der Waals surface area contributed by atoms with Crippen molar-refractivity contribution in [2.45, 2.75) is 45.2 Å². The van der Waals surface area contributed by atoms with Gasteiger partial charge >= 0.3 is 0 Å². The van der Waals surface area contributed by atoms with Gasteiger partial charge in [-0.1, -0.05) is 57.0 Å². The quantitative estimate of drug-likeness (QED) is 0.880. The van der Waals surface area contributed by atoms with E-state index >= 15 is 0 Å². The normalized spacial score (nSPS) is 28.6. The average Bonchev–Trinajstić information content (AvgIpc) is 2.44. The Morgan fingerprint density at radius 3 is 2.50 bits per heavy atom. The fraction of sp³-hybridized carbons (Fsp3) is 0.667. The van der Waals surface area contributed by atoms with Crippen LogP contribution in [-0.4, -0.2) is 31.6 Å². The molecule has 4 atom stereocenters. The number of likely N-dealkylation sites (N-methyl/N-ethyl adjacent to an activating group) is 1. The molecule has 1 N–H and O–H groups in total. The van der Waals surface area contributed by atoms with Crippen molar-refractivity contribution in [1.29, 1.82) is 0 Å². The summed E-state index contributed by atoms with van der Waals surface area (Å²) in [5.41, 5.74) is 1.40. The third-order valence-electron chi connectivity index (χ3n) is 5.09. The highest BCUT2D eigenvalue weighted by molar-refractivity contribution is 5.19. The van der Waals surface area contributed by atoms with Crippen LogP contribution in [-0.2, 0) is 0 Å². The van der Waals surface area contributed by atoms with Gasteiger partial charge in [0.25, 0.3) is 0 Å². The molecule has 1 aromatic carbocycles. The van der Waals surface area contributed by atoms with Gasteiger partial charge < -0.3 is 10.2 Å². The first-order chi connectivity index (χ1) is 9.59. The number of nitrogens with zero attached hydrogens (tertiary/aromatic N) is 1. The molecule has 20 heavy (non-hydrogen) atoms. The summed E-state index contributed by atoms with van der Waals surface area (Å²) in [6.07, 6.45) is 4.11. The largest absolute Gasteiger partial charge is 0.312 e. The van der Waals surface area contributed by atoms with Crippen LogP contribution in [0.4, 0.5) is 0 Å². The molecule has 1 saturated carbocycles. The Labute approximate surface area is 124 Å². The Hall–Kier alpha value is -0.860. The third kappa shape index (κ3) is 3.83. The minimum absolute atomic E-state index is 0.459. The van der Waals surface area contributed by atoms with Gasteiger partial charge in [0.2, 0.25) is 0 Å². The van der Waals surface area contributed by atoms with Crippen molar-refractivity contribution >= 4 is 0 Å². The van der Waals surface area contributed by atoms with E-state index in [1.165, 1.54) is 24.8 Å². The average molecular weight is 274 g/mol. The Kier molecular flexibility index (Phi) is 5.62. The number of nitrogens with one attached hydrogen (secondary N) is 1. The molecule has 0 spiro atoms. The van der Waals surface area contributed by atoms with E-state index in [4.69, 9.17) is 0 Å². The predicted molar refractivity (Wildman–Crippen MR) is 86.8 cm³/mol. The van der Waals surface area contributed by atoms with Crippen LogP contribution in [0.1, 0.15) is 44.7 Å². The summed E-state index contributed by atoms with van der Waals surface area (Å²) < 4.78 is 0. The van der Waals surface area contributed by atoms with Crippen LogP contribution in [0, 0.1) is 11.8 Å². The maximum Gasteiger partial charge on any atom is 0.0466 e. The standard InChI is InChI=1S/C18H30N2/c1-14-9-8-12-17(15(14)2)19-13-18(20(3)4)16-10-6-5-7-11-16/h5-7,10-11,14-15,17-19H,8-9,12-13H2,1-4H3. The van der Waals surface area contributed by atoms with Crippen LogP contribution >= 0.6 is 0 Å². The molecule has 1 aliphatic carbocycles. The molecular formula is C18H30N2. The van der Waals surface area contributed by atoms with Crippen molar-refractivity contribution in [2.24, 2.45) is 11.8 Å². The topological polar surface area (TPSA) is 15.3 Å². The highest BCUT2D eigenvalue weighted by Crippen LogP contribution is 2.30. The predicted octanol–water partition coefficient (Wildman–Crippen LogP) is 3.70. The minimum Gasteiger partial charge on any atom is -0.312 e. The van der Waals surface area contributed by atoms with E-state index in [0.717, 1.165) is 18.4 Å². The van der Waals surface area contributed by atoms with Crippen LogP contribution in [0.25, 0.3) is 0 Å². The van der Waals surface area contributed by atoms with E-state index in [0.29, 0.717) is 12.1 Å². The van der Waals surface area contributed by atoms with E-state index in [2.05, 4.69) is 68.5 Å². The molecule has 4 unspecified atom stereocenters. The van der Waals surface area contributed by atoms with Crippen molar-refractivity contribution in [3.05, 3.63) is 35.9 Å². The molecule has 0 bridgehead atoms. The summed E-state index contributed by atoms with van der Waals surface area (Å²) in [5, 5.41) is 3.84. The summed E-state index contributed by atoms with van der Waals surface area (Å²) in [4.78, 5) is 2.32. The molecule has 0 amide bonds. The van der Waals surface area contributed by atoms with Gasteiger partial charge in [-0.25, -0.2) is 0 Å². The maximum absolute atomic E-state index is 3.84. The van der Waals surface area contributed by atoms with Crippen LogP contribution < -0.4 is 5.32 Å². The maximum atomic E-state index is 3.84. The summed E-state index contributed by atoms with van der Waals surface area (Å²) in [6.45, 7) is 5.85. The summed E-state index contributed by atoms with van der Waals surface area (Å²) >= 11 is 0. The highest BCUT2D eigenvalue weighted by atomic mass is 15.1. The van der Waals surface area contributed by atoms with Gasteiger partial charge in [-0.05, 0) is 37.9 Å². The Balaban J connectivity index is 1.96. The first-order valence-corrected chi connectivity index (χ1v) is 8.04. The second-order valence-electron chi connectivity index (χ2n) is 6.67. The number of benzene rings is 1. The summed E-state index contributed by atoms with van der Waals surface area (Å²) in [6, 6.07) is 12.0. The first kappa shape index (κ1) is 15.5. The molecule has 112 valence electrons. The number of rotatable bonds is 5. The van der Waals surface area contributed by atoms with Crippen molar-refractivity contribution in [1.82, 2.24) is 10.2 Å². The van der Waals surface area contributed by atoms with Crippen LogP contribution in [0.15, 0.2) is 30.3 Å². The molecule has 0 aliphatic heterocycles. The van der Waals surface area contributed by atoms with E-state index in [1.807, 2.05) is 0 Å². The molecular weight excluding hydrogens is 244 g/mol. The van der Waals surface area contributed by atoms with Crippen molar-refractivity contribution in [3.63, 3.8) is 0 Å². The Morgan fingerprint density at radius 2 is 1.85 bits per heavy atom. The van der Waals surface area contributed by atoms with Gasteiger partial charge in [0.15, 0.2) is 0 Å². The van der Waals surface area contributed by atoms with E-state index in [1.54, 1.807) is 0 Å². The van der Waals surface area contributed by atoms with Crippen molar-refractivity contribution in [2.75, 3.05) is 20.6 Å². The van der Waals surface area contributed by atoms with E-state index in [9.17, 15) is 0 Å². The van der Waals surface area contributed by atoms with Gasteiger partial charge in [-0.2, -0.15) is 0 Å². The second kappa shape index (κ2) is 7.24. The first-order valence-electron chi connectivity index (χ1n) is 8.04. The van der Waals surface area contributed by atoms with Gasteiger partial charge in [0, 0.05) is 18.6 Å². The van der Waals surface area contributed by atoms with E-state index in [-0.39, 0.29) is 0 Å². The fourth-order valence-corrected chi connectivity index (χ4v) is 3.41. The third-order valence-corrected chi connectivity index (χ3v) is 5.09. The van der Waals surface area contributed by atoms with Gasteiger partial charge in [-0.15, -0.1) is 0 Å². The molecule has 1 aliphatic rings. The van der Waals surface area contributed by atoms with E-state index < -0.39 is 0 Å². The molecule has 1 aromatic rings. The lowest BCUT2D eigenvalue weighted by Gasteiger charge is -2.36.